The number of halogens is 1. The summed E-state index contributed by atoms with van der Waals surface area (Å²) >= 11 is 0. The summed E-state index contributed by atoms with van der Waals surface area (Å²) in [6.45, 7) is 3.36. The summed E-state index contributed by atoms with van der Waals surface area (Å²) in [4.78, 5) is 11.9. The molecule has 1 heterocycles. The largest absolute Gasteiger partial charge is 0.467 e. The third-order valence-corrected chi connectivity index (χ3v) is 3.97. The summed E-state index contributed by atoms with van der Waals surface area (Å²) < 4.78 is 24.3. The van der Waals surface area contributed by atoms with E-state index in [0.29, 0.717) is 37.4 Å². The number of hydrogen-bond donors (Lipinski definition) is 2. The minimum atomic E-state index is -0.327. The molecular formula is C19H21FN2O3. The van der Waals surface area contributed by atoms with Crippen molar-refractivity contribution in [1.29, 1.82) is 0 Å². The average molecular weight is 344 g/mol. The van der Waals surface area contributed by atoms with Crippen LogP contribution in [-0.2, 0) is 24.3 Å². The van der Waals surface area contributed by atoms with Crippen LogP contribution in [0, 0.1) is 12.7 Å². The van der Waals surface area contributed by atoms with Gasteiger partial charge in [0.05, 0.1) is 6.61 Å². The molecule has 0 bridgehead atoms. The maximum atomic E-state index is 13.7. The molecule has 2 N–H and O–H groups in total. The number of carbonyl (C=O) groups excluding carboxylic acids is 1. The Morgan fingerprint density at radius 2 is 2.12 bits per heavy atom. The Hall–Kier alpha value is -2.60. The number of fused-ring (bicyclic) bond motifs is 1. The van der Waals surface area contributed by atoms with Gasteiger partial charge in [0.1, 0.15) is 11.6 Å². The highest BCUT2D eigenvalue weighted by molar-refractivity contribution is 5.73. The highest BCUT2D eigenvalue weighted by Gasteiger charge is 2.16. The number of hydrogen-bond acceptors (Lipinski definition) is 3. The third-order valence-electron chi connectivity index (χ3n) is 3.97. The quantitative estimate of drug-likeness (QED) is 0.876. The smallest absolute Gasteiger partial charge is 0.315 e. The van der Waals surface area contributed by atoms with Crippen molar-refractivity contribution in [3.05, 3.63) is 64.5 Å². The fraction of sp³-hybridized carbons (Fsp3) is 0.316. The van der Waals surface area contributed by atoms with Crippen LogP contribution in [0.1, 0.15) is 22.3 Å². The van der Waals surface area contributed by atoms with Crippen LogP contribution < -0.4 is 15.4 Å². The van der Waals surface area contributed by atoms with E-state index >= 15 is 0 Å². The Morgan fingerprint density at radius 1 is 1.24 bits per heavy atom. The molecule has 2 aromatic rings. The van der Waals surface area contributed by atoms with E-state index in [1.807, 2.05) is 31.2 Å². The van der Waals surface area contributed by atoms with Crippen LogP contribution in [0.5, 0.6) is 5.75 Å². The van der Waals surface area contributed by atoms with Crippen molar-refractivity contribution in [2.75, 3.05) is 13.3 Å². The predicted octanol–water partition coefficient (Wildman–Crippen LogP) is 3.04. The standard InChI is InChI=1S/C19H21FN2O3/c1-13-3-2-4-14(7-13)10-22-19(23)21-6-5-15-8-17(20)9-16-11-24-12-25-18(15)16/h2-4,7-9H,5-6,10-12H2,1H3,(H2,21,22,23). The summed E-state index contributed by atoms with van der Waals surface area (Å²) in [5.74, 6) is 0.335. The zero-order valence-corrected chi connectivity index (χ0v) is 14.1. The second kappa shape index (κ2) is 7.98. The van der Waals surface area contributed by atoms with Gasteiger partial charge in [-0.05, 0) is 36.6 Å². The number of ether oxygens (including phenoxy) is 2. The van der Waals surface area contributed by atoms with E-state index in [4.69, 9.17) is 9.47 Å². The van der Waals surface area contributed by atoms with Gasteiger partial charge in [-0.3, -0.25) is 0 Å². The van der Waals surface area contributed by atoms with Crippen molar-refractivity contribution in [2.24, 2.45) is 0 Å². The van der Waals surface area contributed by atoms with Gasteiger partial charge < -0.3 is 20.1 Å². The van der Waals surface area contributed by atoms with Crippen molar-refractivity contribution in [3.63, 3.8) is 0 Å². The van der Waals surface area contributed by atoms with E-state index in [1.54, 1.807) is 0 Å². The number of amides is 2. The third kappa shape index (κ3) is 4.70. The molecule has 0 aromatic heterocycles. The van der Waals surface area contributed by atoms with E-state index in [2.05, 4.69) is 10.6 Å². The number of carbonyl (C=O) groups is 1. The van der Waals surface area contributed by atoms with Crippen LogP contribution in [0.25, 0.3) is 0 Å². The van der Waals surface area contributed by atoms with E-state index in [1.165, 1.54) is 12.1 Å². The Balaban J connectivity index is 1.49. The lowest BCUT2D eigenvalue weighted by molar-refractivity contribution is -0.0172. The Kier molecular flexibility index (Phi) is 5.50. The van der Waals surface area contributed by atoms with Crippen molar-refractivity contribution in [3.8, 4) is 5.75 Å². The first-order chi connectivity index (χ1) is 12.1. The monoisotopic (exact) mass is 344 g/mol. The molecule has 6 heteroatoms. The number of benzene rings is 2. The number of nitrogens with one attached hydrogen (secondary N) is 2. The summed E-state index contributed by atoms with van der Waals surface area (Å²) in [6.07, 6.45) is 0.484. The number of rotatable bonds is 5. The first kappa shape index (κ1) is 17.2. The highest BCUT2D eigenvalue weighted by atomic mass is 19.1. The second-order valence-electron chi connectivity index (χ2n) is 6.01. The number of aryl methyl sites for hydroxylation is 1. The lowest BCUT2D eigenvalue weighted by Gasteiger charge is -2.21. The molecule has 0 radical (unpaired) electrons. The van der Waals surface area contributed by atoms with Crippen LogP contribution in [0.2, 0.25) is 0 Å². The van der Waals surface area contributed by atoms with E-state index in [9.17, 15) is 9.18 Å². The zero-order valence-electron chi connectivity index (χ0n) is 14.1. The Morgan fingerprint density at radius 3 is 2.96 bits per heavy atom. The molecule has 1 aliphatic rings. The highest BCUT2D eigenvalue weighted by Crippen LogP contribution is 2.29. The first-order valence-corrected chi connectivity index (χ1v) is 8.21. The van der Waals surface area contributed by atoms with Gasteiger partial charge in [-0.1, -0.05) is 29.8 Å². The lowest BCUT2D eigenvalue weighted by Crippen LogP contribution is -2.36. The lowest BCUT2D eigenvalue weighted by atomic mass is 10.1. The molecule has 1 aliphatic heterocycles. The molecule has 2 amide bonds. The topological polar surface area (TPSA) is 59.6 Å². The van der Waals surface area contributed by atoms with Gasteiger partial charge in [-0.15, -0.1) is 0 Å². The van der Waals surface area contributed by atoms with Crippen LogP contribution in [0.3, 0.4) is 0 Å². The van der Waals surface area contributed by atoms with Gasteiger partial charge in [0.15, 0.2) is 6.79 Å². The van der Waals surface area contributed by atoms with Gasteiger partial charge in [0.2, 0.25) is 0 Å². The number of urea groups is 1. The molecule has 0 spiro atoms. The Labute approximate surface area is 146 Å². The van der Waals surface area contributed by atoms with Crippen LogP contribution in [0.4, 0.5) is 9.18 Å². The molecule has 5 nitrogen and oxygen atoms in total. The van der Waals surface area contributed by atoms with Crippen molar-refractivity contribution < 1.29 is 18.7 Å². The van der Waals surface area contributed by atoms with Gasteiger partial charge >= 0.3 is 6.03 Å². The van der Waals surface area contributed by atoms with Gasteiger partial charge in [-0.2, -0.15) is 0 Å². The van der Waals surface area contributed by atoms with E-state index < -0.39 is 0 Å². The molecule has 25 heavy (non-hydrogen) atoms. The predicted molar refractivity (Wildman–Crippen MR) is 91.8 cm³/mol. The summed E-state index contributed by atoms with van der Waals surface area (Å²) in [5.41, 5.74) is 3.63. The van der Waals surface area contributed by atoms with Crippen LogP contribution in [0.15, 0.2) is 36.4 Å². The summed E-state index contributed by atoms with van der Waals surface area (Å²) in [7, 11) is 0. The summed E-state index contributed by atoms with van der Waals surface area (Å²) in [5, 5.41) is 5.59. The molecule has 132 valence electrons. The van der Waals surface area contributed by atoms with Crippen molar-refractivity contribution in [1.82, 2.24) is 10.6 Å². The normalized spacial score (nSPS) is 12.9. The van der Waals surface area contributed by atoms with Gasteiger partial charge in [0, 0.05) is 18.7 Å². The molecule has 0 unspecified atom stereocenters. The molecular weight excluding hydrogens is 323 g/mol. The molecule has 2 aromatic carbocycles. The first-order valence-electron chi connectivity index (χ1n) is 8.21. The maximum Gasteiger partial charge on any atom is 0.315 e. The Bertz CT molecular complexity index is 764. The molecule has 3 rings (SSSR count). The fourth-order valence-corrected chi connectivity index (χ4v) is 2.82. The maximum absolute atomic E-state index is 13.7. The van der Waals surface area contributed by atoms with Crippen LogP contribution in [-0.4, -0.2) is 19.4 Å². The molecule has 0 saturated carbocycles. The second-order valence-corrected chi connectivity index (χ2v) is 6.01. The average Bonchev–Trinajstić information content (AvgIpc) is 2.60. The van der Waals surface area contributed by atoms with Crippen molar-refractivity contribution in [2.45, 2.75) is 26.5 Å². The van der Waals surface area contributed by atoms with Gasteiger partial charge in [0.25, 0.3) is 0 Å². The van der Waals surface area contributed by atoms with E-state index in [0.717, 1.165) is 16.7 Å². The molecule has 0 aliphatic carbocycles. The molecule has 0 fully saturated rings. The minimum Gasteiger partial charge on any atom is -0.467 e. The fourth-order valence-electron chi connectivity index (χ4n) is 2.82. The zero-order chi connectivity index (χ0) is 17.6. The SMILES string of the molecule is Cc1cccc(CNC(=O)NCCc2cc(F)cc3c2OCOC3)c1. The minimum absolute atomic E-state index is 0.163. The molecule has 0 atom stereocenters. The van der Waals surface area contributed by atoms with Gasteiger partial charge in [-0.25, -0.2) is 9.18 Å². The van der Waals surface area contributed by atoms with Crippen LogP contribution >= 0.6 is 0 Å². The van der Waals surface area contributed by atoms with Crippen molar-refractivity contribution >= 4 is 6.03 Å². The van der Waals surface area contributed by atoms with E-state index in [-0.39, 0.29) is 18.6 Å². The molecule has 0 saturated heterocycles. The summed E-state index contributed by atoms with van der Waals surface area (Å²) in [6, 6.07) is 10.6.